The average Bonchev–Trinajstić information content (AvgIpc) is 2.66. The van der Waals surface area contributed by atoms with E-state index in [1.807, 2.05) is 0 Å². The van der Waals surface area contributed by atoms with E-state index in [0.29, 0.717) is 16.1 Å². The third-order valence-corrected chi connectivity index (χ3v) is 3.32. The van der Waals surface area contributed by atoms with Gasteiger partial charge in [0.25, 0.3) is 0 Å². The number of phenolic OH excluding ortho intramolecular Hbond substituents is 1. The van der Waals surface area contributed by atoms with Crippen LogP contribution in [0, 0.1) is 0 Å². The van der Waals surface area contributed by atoms with Crippen LogP contribution in [0.2, 0.25) is 10.0 Å². The maximum absolute atomic E-state index is 9.40. The van der Waals surface area contributed by atoms with Gasteiger partial charge in [0, 0.05) is 11.7 Å². The molecule has 0 amide bonds. The molecule has 0 aliphatic heterocycles. The van der Waals surface area contributed by atoms with Crippen molar-refractivity contribution in [2.75, 3.05) is 5.32 Å². The van der Waals surface area contributed by atoms with Crippen LogP contribution < -0.4 is 5.32 Å². The predicted molar refractivity (Wildman–Crippen MR) is 64.0 cm³/mol. The Labute approximate surface area is 99.2 Å². The number of rotatable bonds is 2. The third-order valence-electron chi connectivity index (χ3n) is 2.74. The molecule has 0 spiro atoms. The zero-order valence-electron chi connectivity index (χ0n) is 8.26. The molecule has 2 nitrogen and oxygen atoms in total. The topological polar surface area (TPSA) is 32.3 Å². The van der Waals surface area contributed by atoms with E-state index in [4.69, 9.17) is 23.2 Å². The molecule has 2 rings (SSSR count). The van der Waals surface area contributed by atoms with Crippen molar-refractivity contribution >= 4 is 28.9 Å². The van der Waals surface area contributed by atoms with Crippen LogP contribution in [0.1, 0.15) is 25.7 Å². The average molecular weight is 246 g/mol. The summed E-state index contributed by atoms with van der Waals surface area (Å²) in [5.74, 6) is -0.0460. The fourth-order valence-corrected chi connectivity index (χ4v) is 2.44. The first kappa shape index (κ1) is 10.9. The van der Waals surface area contributed by atoms with Gasteiger partial charge in [0.05, 0.1) is 10.0 Å². The van der Waals surface area contributed by atoms with E-state index in [1.165, 1.54) is 25.7 Å². The molecule has 0 heterocycles. The summed E-state index contributed by atoms with van der Waals surface area (Å²) >= 11 is 11.7. The first-order chi connectivity index (χ1) is 7.16. The Morgan fingerprint density at radius 1 is 1.13 bits per heavy atom. The number of hydrogen-bond acceptors (Lipinski definition) is 2. The molecular weight excluding hydrogens is 233 g/mol. The molecule has 0 bridgehead atoms. The Morgan fingerprint density at radius 3 is 2.20 bits per heavy atom. The number of phenols is 1. The van der Waals surface area contributed by atoms with Gasteiger partial charge in [-0.05, 0) is 25.0 Å². The van der Waals surface area contributed by atoms with Crippen LogP contribution in [0.5, 0.6) is 5.75 Å². The summed E-state index contributed by atoms with van der Waals surface area (Å²) in [4.78, 5) is 0. The summed E-state index contributed by atoms with van der Waals surface area (Å²) in [7, 11) is 0. The Kier molecular flexibility index (Phi) is 3.27. The quantitative estimate of drug-likeness (QED) is 0.771. The van der Waals surface area contributed by atoms with Crippen molar-refractivity contribution in [1.29, 1.82) is 0 Å². The highest BCUT2D eigenvalue weighted by molar-refractivity contribution is 6.37. The van der Waals surface area contributed by atoms with E-state index < -0.39 is 0 Å². The molecule has 1 aliphatic carbocycles. The lowest BCUT2D eigenvalue weighted by atomic mass is 10.2. The molecule has 1 aromatic carbocycles. The number of aromatic hydroxyl groups is 1. The molecule has 0 aromatic heterocycles. The predicted octanol–water partition coefficient (Wildman–Crippen LogP) is 4.05. The lowest BCUT2D eigenvalue weighted by Gasteiger charge is -2.14. The first-order valence-electron chi connectivity index (χ1n) is 5.11. The highest BCUT2D eigenvalue weighted by Gasteiger charge is 2.15. The molecule has 1 fully saturated rings. The van der Waals surface area contributed by atoms with Crippen molar-refractivity contribution in [2.24, 2.45) is 0 Å². The lowest BCUT2D eigenvalue weighted by Crippen LogP contribution is -2.14. The minimum atomic E-state index is -0.0460. The highest BCUT2D eigenvalue weighted by Crippen LogP contribution is 2.35. The van der Waals surface area contributed by atoms with E-state index in [9.17, 15) is 5.11 Å². The number of anilines is 1. The summed E-state index contributed by atoms with van der Waals surface area (Å²) in [5.41, 5.74) is 0.884. The number of nitrogens with one attached hydrogen (secondary N) is 1. The number of halogens is 2. The summed E-state index contributed by atoms with van der Waals surface area (Å²) < 4.78 is 0. The molecule has 0 radical (unpaired) electrons. The van der Waals surface area contributed by atoms with Gasteiger partial charge in [-0.25, -0.2) is 0 Å². The van der Waals surface area contributed by atoms with Crippen LogP contribution in [-0.2, 0) is 0 Å². The van der Waals surface area contributed by atoms with Gasteiger partial charge in [-0.2, -0.15) is 0 Å². The maximum atomic E-state index is 9.40. The van der Waals surface area contributed by atoms with Gasteiger partial charge in [0.2, 0.25) is 0 Å². The van der Waals surface area contributed by atoms with Gasteiger partial charge in [-0.1, -0.05) is 36.0 Å². The monoisotopic (exact) mass is 245 g/mol. The molecule has 0 unspecified atom stereocenters. The summed E-state index contributed by atoms with van der Waals surface area (Å²) in [5, 5.41) is 13.4. The van der Waals surface area contributed by atoms with E-state index >= 15 is 0 Å². The van der Waals surface area contributed by atoms with Gasteiger partial charge in [0.15, 0.2) is 5.75 Å². The SMILES string of the molecule is Oc1c(Cl)cc(NC2CCCC2)cc1Cl. The fraction of sp³-hybridized carbons (Fsp3) is 0.455. The molecule has 0 saturated heterocycles. The zero-order valence-corrected chi connectivity index (χ0v) is 9.78. The van der Waals surface area contributed by atoms with Gasteiger partial charge < -0.3 is 10.4 Å². The molecule has 1 saturated carbocycles. The second-order valence-electron chi connectivity index (χ2n) is 3.91. The summed E-state index contributed by atoms with van der Waals surface area (Å²) in [6, 6.07) is 3.93. The van der Waals surface area contributed by atoms with Gasteiger partial charge >= 0.3 is 0 Å². The van der Waals surface area contributed by atoms with Crippen LogP contribution in [0.4, 0.5) is 5.69 Å². The van der Waals surface area contributed by atoms with Crippen LogP contribution >= 0.6 is 23.2 Å². The minimum absolute atomic E-state index is 0.0460. The van der Waals surface area contributed by atoms with Crippen LogP contribution in [0.25, 0.3) is 0 Å². The van der Waals surface area contributed by atoms with E-state index in [1.54, 1.807) is 12.1 Å². The third kappa shape index (κ3) is 2.50. The molecule has 4 heteroatoms. The Bertz CT molecular complexity index is 339. The number of hydrogen-bond donors (Lipinski definition) is 2. The largest absolute Gasteiger partial charge is 0.505 e. The standard InChI is InChI=1S/C11H13Cl2NO/c12-9-5-8(6-10(13)11(9)15)14-7-3-1-2-4-7/h5-7,14-15H,1-4H2. The lowest BCUT2D eigenvalue weighted by molar-refractivity contribution is 0.476. The first-order valence-corrected chi connectivity index (χ1v) is 5.87. The maximum Gasteiger partial charge on any atom is 0.152 e. The van der Waals surface area contributed by atoms with Crippen molar-refractivity contribution in [1.82, 2.24) is 0 Å². The van der Waals surface area contributed by atoms with Crippen molar-refractivity contribution in [3.8, 4) is 5.75 Å². The summed E-state index contributed by atoms with van der Waals surface area (Å²) in [6.07, 6.45) is 4.93. The summed E-state index contributed by atoms with van der Waals surface area (Å²) in [6.45, 7) is 0. The molecular formula is C11H13Cl2NO. The van der Waals surface area contributed by atoms with Crippen molar-refractivity contribution < 1.29 is 5.11 Å². The smallest absolute Gasteiger partial charge is 0.152 e. The Hall–Kier alpha value is -0.600. The van der Waals surface area contributed by atoms with Gasteiger partial charge in [0.1, 0.15) is 0 Å². The molecule has 0 atom stereocenters. The van der Waals surface area contributed by atoms with Crippen molar-refractivity contribution in [2.45, 2.75) is 31.7 Å². The number of benzene rings is 1. The van der Waals surface area contributed by atoms with E-state index in [-0.39, 0.29) is 5.75 Å². The molecule has 15 heavy (non-hydrogen) atoms. The Balaban J connectivity index is 2.14. The van der Waals surface area contributed by atoms with Crippen molar-refractivity contribution in [3.05, 3.63) is 22.2 Å². The minimum Gasteiger partial charge on any atom is -0.505 e. The normalized spacial score (nSPS) is 16.9. The second-order valence-corrected chi connectivity index (χ2v) is 4.73. The fourth-order valence-electron chi connectivity index (χ4n) is 1.95. The second kappa shape index (κ2) is 4.50. The van der Waals surface area contributed by atoms with E-state index in [0.717, 1.165) is 5.69 Å². The molecule has 1 aromatic rings. The van der Waals surface area contributed by atoms with E-state index in [2.05, 4.69) is 5.32 Å². The van der Waals surface area contributed by atoms with Gasteiger partial charge in [-0.3, -0.25) is 0 Å². The molecule has 1 aliphatic rings. The molecule has 2 N–H and O–H groups in total. The van der Waals surface area contributed by atoms with Crippen molar-refractivity contribution in [3.63, 3.8) is 0 Å². The van der Waals surface area contributed by atoms with Crippen LogP contribution in [-0.4, -0.2) is 11.1 Å². The Morgan fingerprint density at radius 2 is 1.67 bits per heavy atom. The van der Waals surface area contributed by atoms with Crippen LogP contribution in [0.15, 0.2) is 12.1 Å². The van der Waals surface area contributed by atoms with Gasteiger partial charge in [-0.15, -0.1) is 0 Å². The zero-order chi connectivity index (χ0) is 10.8. The highest BCUT2D eigenvalue weighted by atomic mass is 35.5. The molecule has 82 valence electrons. The van der Waals surface area contributed by atoms with Crippen LogP contribution in [0.3, 0.4) is 0 Å².